The van der Waals surface area contributed by atoms with Crippen molar-refractivity contribution in [2.24, 2.45) is 5.92 Å². The molecule has 1 amide bonds. The SMILES string of the molecule is COc1ccc(-c2cnc3c(c2)C(=O)N([C@@H](C)CO)C[C@@H](C)[C@@H](CN(C)C)O3)cc1. The summed E-state index contributed by atoms with van der Waals surface area (Å²) >= 11 is 0. The fraction of sp³-hybridized carbons (Fsp3) is 0.478. The average Bonchev–Trinajstić information content (AvgIpc) is 2.75. The van der Waals surface area contributed by atoms with Gasteiger partial charge in [-0.3, -0.25) is 4.79 Å². The molecular weight excluding hydrogens is 382 g/mol. The molecule has 3 atom stereocenters. The monoisotopic (exact) mass is 413 g/mol. The van der Waals surface area contributed by atoms with E-state index in [1.165, 1.54) is 0 Å². The van der Waals surface area contributed by atoms with E-state index in [0.717, 1.165) is 16.9 Å². The summed E-state index contributed by atoms with van der Waals surface area (Å²) in [5.74, 6) is 1.01. The number of aliphatic hydroxyl groups excluding tert-OH is 1. The molecule has 0 saturated carbocycles. The van der Waals surface area contributed by atoms with Crippen LogP contribution in [0.4, 0.5) is 0 Å². The van der Waals surface area contributed by atoms with E-state index in [0.29, 0.717) is 24.5 Å². The lowest BCUT2D eigenvalue weighted by atomic mass is 9.99. The second-order valence-corrected chi connectivity index (χ2v) is 8.19. The molecule has 1 aromatic carbocycles. The summed E-state index contributed by atoms with van der Waals surface area (Å²) in [6, 6.07) is 9.14. The van der Waals surface area contributed by atoms with Gasteiger partial charge in [0.05, 0.1) is 19.8 Å². The Balaban J connectivity index is 2.04. The molecule has 1 aromatic heterocycles. The molecule has 0 unspecified atom stereocenters. The van der Waals surface area contributed by atoms with Crippen LogP contribution >= 0.6 is 0 Å². The van der Waals surface area contributed by atoms with Gasteiger partial charge in [0.25, 0.3) is 5.91 Å². The van der Waals surface area contributed by atoms with Crippen LogP contribution in [0, 0.1) is 5.92 Å². The maximum atomic E-state index is 13.4. The number of aromatic nitrogens is 1. The Morgan fingerprint density at radius 1 is 1.30 bits per heavy atom. The molecule has 1 aliphatic heterocycles. The summed E-state index contributed by atoms with van der Waals surface area (Å²) in [6.07, 6.45) is 1.60. The van der Waals surface area contributed by atoms with E-state index < -0.39 is 0 Å². The standard InChI is InChI=1S/C23H31N3O4/c1-15-12-26(16(2)14-27)23(28)20-10-18(17-6-8-19(29-5)9-7-17)11-24-22(20)30-21(15)13-25(3)4/h6-11,15-16,21,27H,12-14H2,1-5H3/t15-,16+,21-/m1/s1. The molecule has 0 radical (unpaired) electrons. The number of aliphatic hydroxyl groups is 1. The molecule has 7 heteroatoms. The average molecular weight is 414 g/mol. The number of rotatable bonds is 6. The Bertz CT molecular complexity index is 869. The summed E-state index contributed by atoms with van der Waals surface area (Å²) in [5, 5.41) is 9.73. The first kappa shape index (κ1) is 22.1. The van der Waals surface area contributed by atoms with Gasteiger partial charge in [0, 0.05) is 30.8 Å². The molecule has 30 heavy (non-hydrogen) atoms. The highest BCUT2D eigenvalue weighted by Gasteiger charge is 2.34. The van der Waals surface area contributed by atoms with Crippen molar-refractivity contribution in [3.8, 4) is 22.8 Å². The molecular formula is C23H31N3O4. The van der Waals surface area contributed by atoms with E-state index in [1.807, 2.05) is 51.4 Å². The van der Waals surface area contributed by atoms with Crippen LogP contribution in [-0.4, -0.2) is 78.8 Å². The predicted molar refractivity (Wildman–Crippen MR) is 116 cm³/mol. The number of carbonyl (C=O) groups is 1. The second-order valence-electron chi connectivity index (χ2n) is 8.19. The van der Waals surface area contributed by atoms with Crippen molar-refractivity contribution in [3.63, 3.8) is 0 Å². The van der Waals surface area contributed by atoms with Crippen LogP contribution in [0.15, 0.2) is 36.5 Å². The van der Waals surface area contributed by atoms with E-state index >= 15 is 0 Å². The number of carbonyl (C=O) groups excluding carboxylic acids is 1. The first-order valence-corrected chi connectivity index (χ1v) is 10.2. The van der Waals surface area contributed by atoms with Crippen molar-refractivity contribution < 1.29 is 19.4 Å². The molecule has 1 aliphatic rings. The molecule has 7 nitrogen and oxygen atoms in total. The molecule has 0 saturated heterocycles. The number of methoxy groups -OCH3 is 1. The lowest BCUT2D eigenvalue weighted by Gasteiger charge is -2.37. The Kier molecular flexibility index (Phi) is 6.95. The first-order valence-electron chi connectivity index (χ1n) is 10.2. The highest BCUT2D eigenvalue weighted by atomic mass is 16.5. The van der Waals surface area contributed by atoms with Gasteiger partial charge in [-0.25, -0.2) is 4.98 Å². The van der Waals surface area contributed by atoms with Crippen LogP contribution in [0.5, 0.6) is 11.6 Å². The van der Waals surface area contributed by atoms with Gasteiger partial charge in [0.2, 0.25) is 5.88 Å². The highest BCUT2D eigenvalue weighted by Crippen LogP contribution is 2.30. The highest BCUT2D eigenvalue weighted by molar-refractivity contribution is 5.98. The lowest BCUT2D eigenvalue weighted by Crippen LogP contribution is -2.49. The van der Waals surface area contributed by atoms with Crippen molar-refractivity contribution >= 4 is 5.91 Å². The number of likely N-dealkylation sites (N-methyl/N-ethyl adjacent to an activating group) is 1. The van der Waals surface area contributed by atoms with E-state index in [4.69, 9.17) is 9.47 Å². The largest absolute Gasteiger partial charge is 0.497 e. The normalized spacial score (nSPS) is 20.2. The topological polar surface area (TPSA) is 75.1 Å². The molecule has 0 bridgehead atoms. The Hall–Kier alpha value is -2.64. The van der Waals surface area contributed by atoms with Crippen LogP contribution in [0.25, 0.3) is 11.1 Å². The Morgan fingerprint density at radius 3 is 2.60 bits per heavy atom. The van der Waals surface area contributed by atoms with E-state index in [9.17, 15) is 9.90 Å². The minimum absolute atomic E-state index is 0.0848. The van der Waals surface area contributed by atoms with Gasteiger partial charge in [-0.15, -0.1) is 0 Å². The number of nitrogens with zero attached hydrogens (tertiary/aromatic N) is 3. The summed E-state index contributed by atoms with van der Waals surface area (Å²) in [7, 11) is 5.62. The minimum Gasteiger partial charge on any atom is -0.497 e. The molecule has 3 rings (SSSR count). The molecule has 1 N–H and O–H groups in total. The van der Waals surface area contributed by atoms with Gasteiger partial charge in [0.15, 0.2) is 0 Å². The third kappa shape index (κ3) is 4.74. The quantitative estimate of drug-likeness (QED) is 0.785. The molecule has 0 spiro atoms. The number of hydrogen-bond acceptors (Lipinski definition) is 6. The lowest BCUT2D eigenvalue weighted by molar-refractivity contribution is 0.0348. The van der Waals surface area contributed by atoms with Gasteiger partial charge in [0.1, 0.15) is 17.4 Å². The number of fused-ring (bicyclic) bond motifs is 1. The Morgan fingerprint density at radius 2 is 2.00 bits per heavy atom. The number of hydrogen-bond donors (Lipinski definition) is 1. The van der Waals surface area contributed by atoms with Crippen molar-refractivity contribution in [2.75, 3.05) is 40.9 Å². The van der Waals surface area contributed by atoms with Gasteiger partial charge >= 0.3 is 0 Å². The van der Waals surface area contributed by atoms with E-state index in [-0.39, 0.29) is 30.6 Å². The van der Waals surface area contributed by atoms with Gasteiger partial charge < -0.3 is 24.4 Å². The summed E-state index contributed by atoms with van der Waals surface area (Å²) in [4.78, 5) is 21.7. The first-order chi connectivity index (χ1) is 14.3. The smallest absolute Gasteiger partial charge is 0.259 e. The number of amides is 1. The molecule has 2 aromatic rings. The summed E-state index contributed by atoms with van der Waals surface area (Å²) in [6.45, 7) is 5.03. The van der Waals surface area contributed by atoms with Gasteiger partial charge in [-0.2, -0.15) is 0 Å². The number of pyridine rings is 1. The van der Waals surface area contributed by atoms with E-state index in [2.05, 4.69) is 16.8 Å². The van der Waals surface area contributed by atoms with Crippen molar-refractivity contribution in [2.45, 2.75) is 26.0 Å². The zero-order chi connectivity index (χ0) is 21.8. The van der Waals surface area contributed by atoms with Gasteiger partial charge in [-0.1, -0.05) is 19.1 Å². The van der Waals surface area contributed by atoms with Crippen molar-refractivity contribution in [1.29, 1.82) is 0 Å². The van der Waals surface area contributed by atoms with Gasteiger partial charge in [-0.05, 0) is 44.8 Å². The van der Waals surface area contributed by atoms with Crippen LogP contribution in [0.3, 0.4) is 0 Å². The maximum Gasteiger partial charge on any atom is 0.259 e. The second kappa shape index (κ2) is 9.45. The summed E-state index contributed by atoms with van der Waals surface area (Å²) < 4.78 is 11.5. The van der Waals surface area contributed by atoms with Crippen LogP contribution in [0.2, 0.25) is 0 Å². The molecule has 0 aliphatic carbocycles. The Labute approximate surface area is 178 Å². The fourth-order valence-electron chi connectivity index (χ4n) is 3.62. The zero-order valence-corrected chi connectivity index (χ0v) is 18.3. The fourth-order valence-corrected chi connectivity index (χ4v) is 3.62. The van der Waals surface area contributed by atoms with Crippen LogP contribution in [-0.2, 0) is 0 Å². The minimum atomic E-state index is -0.296. The predicted octanol–water partition coefficient (Wildman–Crippen LogP) is 2.54. The van der Waals surface area contributed by atoms with Crippen molar-refractivity contribution in [1.82, 2.24) is 14.8 Å². The summed E-state index contributed by atoms with van der Waals surface area (Å²) in [5.41, 5.74) is 2.17. The van der Waals surface area contributed by atoms with Crippen molar-refractivity contribution in [3.05, 3.63) is 42.1 Å². The third-order valence-electron chi connectivity index (χ3n) is 5.49. The van der Waals surface area contributed by atoms with E-state index in [1.54, 1.807) is 18.2 Å². The number of benzene rings is 1. The molecule has 162 valence electrons. The third-order valence-corrected chi connectivity index (χ3v) is 5.49. The van der Waals surface area contributed by atoms with Crippen LogP contribution < -0.4 is 9.47 Å². The molecule has 2 heterocycles. The molecule has 0 fully saturated rings. The zero-order valence-electron chi connectivity index (χ0n) is 18.3. The maximum absolute atomic E-state index is 13.4. The van der Waals surface area contributed by atoms with Crippen LogP contribution in [0.1, 0.15) is 24.2 Å². The number of ether oxygens (including phenoxy) is 2.